The van der Waals surface area contributed by atoms with Crippen molar-refractivity contribution < 1.29 is 0 Å². The van der Waals surface area contributed by atoms with Crippen LogP contribution >= 0.6 is 11.3 Å². The molecule has 0 radical (unpaired) electrons. The highest BCUT2D eigenvalue weighted by atomic mass is 32.1. The van der Waals surface area contributed by atoms with Gasteiger partial charge in [-0.25, -0.2) is 15.0 Å². The van der Waals surface area contributed by atoms with Crippen LogP contribution in [0.4, 0.5) is 5.82 Å². The molecule has 1 aliphatic carbocycles. The van der Waals surface area contributed by atoms with Gasteiger partial charge < -0.3 is 9.72 Å². The Morgan fingerprint density at radius 2 is 2.21 bits per heavy atom. The van der Waals surface area contributed by atoms with E-state index in [0.717, 1.165) is 28.4 Å². The first-order valence-corrected chi connectivity index (χ1v) is 9.04. The lowest BCUT2D eigenvalue weighted by molar-refractivity contribution is 0.917. The third-order valence-corrected chi connectivity index (χ3v) is 5.88. The fraction of sp³-hybridized carbons (Fsp3) is 0.278. The van der Waals surface area contributed by atoms with Gasteiger partial charge in [-0.3, -0.25) is 0 Å². The summed E-state index contributed by atoms with van der Waals surface area (Å²) in [4.78, 5) is 16.2. The summed E-state index contributed by atoms with van der Waals surface area (Å²) in [6.45, 7) is 2.76. The van der Waals surface area contributed by atoms with Gasteiger partial charge in [0.05, 0.1) is 17.6 Å². The third kappa shape index (κ3) is 2.10. The van der Waals surface area contributed by atoms with E-state index < -0.39 is 0 Å². The molecule has 1 aliphatic rings. The molecule has 0 saturated carbocycles. The number of thiophene rings is 1. The van der Waals surface area contributed by atoms with E-state index in [1.807, 2.05) is 23.5 Å². The van der Waals surface area contributed by atoms with Gasteiger partial charge in [0.2, 0.25) is 0 Å². The molecule has 0 amide bonds. The van der Waals surface area contributed by atoms with Crippen molar-refractivity contribution in [2.75, 3.05) is 5.32 Å². The number of fused-ring (bicyclic) bond motifs is 4. The van der Waals surface area contributed by atoms with Gasteiger partial charge in [0.15, 0.2) is 0 Å². The van der Waals surface area contributed by atoms with Gasteiger partial charge in [-0.15, -0.1) is 11.3 Å². The van der Waals surface area contributed by atoms with E-state index in [4.69, 9.17) is 0 Å². The average Bonchev–Trinajstić information content (AvgIpc) is 3.26. The lowest BCUT2D eigenvalue weighted by Gasteiger charge is -2.05. The van der Waals surface area contributed by atoms with Crippen molar-refractivity contribution in [3.05, 3.63) is 52.6 Å². The van der Waals surface area contributed by atoms with Gasteiger partial charge in [-0.2, -0.15) is 0 Å². The molecule has 24 heavy (non-hydrogen) atoms. The molecule has 0 bridgehead atoms. The SMILES string of the molecule is Cc1cccc2nc(CNc3ncnc4sc5c(c34)CCC5)cn12. The van der Waals surface area contributed by atoms with Crippen LogP contribution in [0.25, 0.3) is 15.9 Å². The number of hydrogen-bond acceptors (Lipinski definition) is 5. The molecule has 0 fully saturated rings. The predicted molar refractivity (Wildman–Crippen MR) is 96.7 cm³/mol. The molecule has 0 aromatic carbocycles. The Balaban J connectivity index is 1.49. The second kappa shape index (κ2) is 5.27. The first-order valence-electron chi connectivity index (χ1n) is 8.22. The zero-order valence-electron chi connectivity index (χ0n) is 13.4. The van der Waals surface area contributed by atoms with Gasteiger partial charge in [0, 0.05) is 16.8 Å². The van der Waals surface area contributed by atoms with Crippen molar-refractivity contribution in [1.29, 1.82) is 0 Å². The van der Waals surface area contributed by atoms with Crippen molar-refractivity contribution in [1.82, 2.24) is 19.4 Å². The summed E-state index contributed by atoms with van der Waals surface area (Å²) in [5, 5.41) is 4.70. The van der Waals surface area contributed by atoms with Gasteiger partial charge in [0.1, 0.15) is 22.6 Å². The molecule has 4 aromatic heterocycles. The molecule has 120 valence electrons. The molecule has 0 aliphatic heterocycles. The van der Waals surface area contributed by atoms with E-state index in [0.29, 0.717) is 6.54 Å². The lowest BCUT2D eigenvalue weighted by Crippen LogP contribution is -2.03. The Morgan fingerprint density at radius 3 is 3.12 bits per heavy atom. The Kier molecular flexibility index (Phi) is 3.06. The maximum Gasteiger partial charge on any atom is 0.138 e. The summed E-state index contributed by atoms with van der Waals surface area (Å²) < 4.78 is 2.12. The van der Waals surface area contributed by atoms with Crippen molar-refractivity contribution in [2.45, 2.75) is 32.7 Å². The topological polar surface area (TPSA) is 55.1 Å². The van der Waals surface area contributed by atoms with E-state index in [-0.39, 0.29) is 0 Å². The van der Waals surface area contributed by atoms with Gasteiger partial charge in [-0.05, 0) is 43.9 Å². The molecule has 5 nitrogen and oxygen atoms in total. The molecule has 0 atom stereocenters. The Hall–Kier alpha value is -2.47. The number of aromatic nitrogens is 4. The van der Waals surface area contributed by atoms with Crippen LogP contribution in [0.2, 0.25) is 0 Å². The second-order valence-electron chi connectivity index (χ2n) is 6.24. The Morgan fingerprint density at radius 1 is 1.25 bits per heavy atom. The minimum Gasteiger partial charge on any atom is -0.364 e. The predicted octanol–water partition coefficient (Wildman–Crippen LogP) is 3.75. The zero-order chi connectivity index (χ0) is 16.1. The quantitative estimate of drug-likeness (QED) is 0.619. The summed E-state index contributed by atoms with van der Waals surface area (Å²) >= 11 is 1.82. The molecule has 0 unspecified atom stereocenters. The summed E-state index contributed by atoms with van der Waals surface area (Å²) in [7, 11) is 0. The highest BCUT2D eigenvalue weighted by Crippen LogP contribution is 2.39. The number of pyridine rings is 1. The minimum absolute atomic E-state index is 0.665. The van der Waals surface area contributed by atoms with Crippen molar-refractivity contribution in [3.63, 3.8) is 0 Å². The van der Waals surface area contributed by atoms with E-state index >= 15 is 0 Å². The largest absolute Gasteiger partial charge is 0.364 e. The molecule has 6 heteroatoms. The third-order valence-electron chi connectivity index (χ3n) is 4.68. The Labute approximate surface area is 143 Å². The summed E-state index contributed by atoms with van der Waals surface area (Å²) in [6, 6.07) is 6.16. The maximum absolute atomic E-state index is 4.69. The molecule has 4 aromatic rings. The van der Waals surface area contributed by atoms with Crippen molar-refractivity contribution in [3.8, 4) is 0 Å². The van der Waals surface area contributed by atoms with Gasteiger partial charge in [-0.1, -0.05) is 6.07 Å². The van der Waals surface area contributed by atoms with Crippen LogP contribution in [0.1, 0.15) is 28.2 Å². The molecular formula is C18H17N5S. The number of rotatable bonds is 3. The van der Waals surface area contributed by atoms with Crippen LogP contribution in [-0.4, -0.2) is 19.4 Å². The smallest absolute Gasteiger partial charge is 0.138 e. The van der Waals surface area contributed by atoms with Crippen molar-refractivity contribution in [2.24, 2.45) is 0 Å². The first-order chi connectivity index (χ1) is 11.8. The summed E-state index contributed by atoms with van der Waals surface area (Å²) in [5.41, 5.74) is 4.63. The normalized spacial score (nSPS) is 13.7. The zero-order valence-corrected chi connectivity index (χ0v) is 14.2. The molecule has 0 saturated heterocycles. The number of nitrogens with one attached hydrogen (secondary N) is 1. The number of aryl methyl sites for hydroxylation is 3. The average molecular weight is 335 g/mol. The number of hydrogen-bond donors (Lipinski definition) is 1. The van der Waals surface area contributed by atoms with Crippen LogP contribution in [-0.2, 0) is 19.4 Å². The van der Waals surface area contributed by atoms with Crippen LogP contribution in [0.15, 0.2) is 30.7 Å². The second-order valence-corrected chi connectivity index (χ2v) is 7.32. The number of imidazole rings is 1. The fourth-order valence-corrected chi connectivity index (χ4v) is 4.75. The fourth-order valence-electron chi connectivity index (χ4n) is 3.52. The molecule has 0 spiro atoms. The summed E-state index contributed by atoms with van der Waals surface area (Å²) in [5.74, 6) is 0.938. The molecule has 4 heterocycles. The highest BCUT2D eigenvalue weighted by molar-refractivity contribution is 7.19. The van der Waals surface area contributed by atoms with Crippen LogP contribution in [0, 0.1) is 6.92 Å². The summed E-state index contributed by atoms with van der Waals surface area (Å²) in [6.07, 6.45) is 7.32. The number of anilines is 1. The monoisotopic (exact) mass is 335 g/mol. The molecular weight excluding hydrogens is 318 g/mol. The van der Waals surface area contributed by atoms with Crippen LogP contribution in [0.5, 0.6) is 0 Å². The maximum atomic E-state index is 4.69. The molecule has 5 rings (SSSR count). The van der Waals surface area contributed by atoms with Crippen LogP contribution in [0.3, 0.4) is 0 Å². The minimum atomic E-state index is 0.665. The van der Waals surface area contributed by atoms with Crippen molar-refractivity contribution >= 4 is 33.0 Å². The van der Waals surface area contributed by atoms with E-state index in [1.54, 1.807) is 6.33 Å². The highest BCUT2D eigenvalue weighted by Gasteiger charge is 2.21. The van der Waals surface area contributed by atoms with Gasteiger partial charge >= 0.3 is 0 Å². The first kappa shape index (κ1) is 13.9. The van der Waals surface area contributed by atoms with E-state index in [2.05, 4.69) is 43.9 Å². The molecule has 1 N–H and O–H groups in total. The number of nitrogens with zero attached hydrogens (tertiary/aromatic N) is 4. The van der Waals surface area contributed by atoms with Crippen LogP contribution < -0.4 is 5.32 Å². The van der Waals surface area contributed by atoms with E-state index in [1.165, 1.54) is 34.4 Å². The lowest BCUT2D eigenvalue weighted by atomic mass is 10.2. The van der Waals surface area contributed by atoms with E-state index in [9.17, 15) is 0 Å². The Bertz CT molecular complexity index is 1060. The van der Waals surface area contributed by atoms with Gasteiger partial charge in [0.25, 0.3) is 0 Å². The standard InChI is InChI=1S/C18H17N5S/c1-11-4-2-7-15-22-12(9-23(11)15)8-19-17-16-13-5-3-6-14(13)24-18(16)21-10-20-17/h2,4,7,9-10H,3,5-6,8H2,1H3,(H,19,20,21).